The molecule has 1 aliphatic carbocycles. The van der Waals surface area contributed by atoms with Gasteiger partial charge in [-0.3, -0.25) is 27.8 Å². The zero-order chi connectivity index (χ0) is 37.9. The average molecular weight is 802 g/mol. The van der Waals surface area contributed by atoms with Crippen molar-refractivity contribution in [2.75, 3.05) is 20.2 Å². The lowest BCUT2D eigenvalue weighted by atomic mass is 9.97. The summed E-state index contributed by atoms with van der Waals surface area (Å²) in [6, 6.07) is 10.2. The molecule has 278 valence electrons. The third-order valence-electron chi connectivity index (χ3n) is 7.56. The summed E-state index contributed by atoms with van der Waals surface area (Å²) in [4.78, 5) is 59.4. The fraction of sp³-hybridized carbons (Fsp3) is 0.471. The molecule has 1 fully saturated rings. The van der Waals surface area contributed by atoms with Gasteiger partial charge in [-0.2, -0.15) is 8.78 Å². The number of hydrogen-bond acceptors (Lipinski definition) is 10. The second-order valence-electron chi connectivity index (χ2n) is 14.0. The maximum Gasteiger partial charge on any atom is 0.404 e. The van der Waals surface area contributed by atoms with Gasteiger partial charge in [-0.15, -0.1) is 0 Å². The first-order valence-electron chi connectivity index (χ1n) is 15.8. The Balaban J connectivity index is 1.46. The molecule has 1 aliphatic rings. The van der Waals surface area contributed by atoms with Crippen LogP contribution in [0.5, 0.6) is 5.75 Å². The maximum atomic E-state index is 15.3. The monoisotopic (exact) mass is 800 g/mol. The molecule has 0 spiro atoms. The van der Waals surface area contributed by atoms with E-state index in [1.165, 1.54) is 37.5 Å². The SMILES string of the molecule is CC(C)(C)C(=O)OCOC(=O)COc1ccc(-c2cn(C3CC3)c(=O)n2Cc2ccc(C(F)(F)P(=O)(O)OCOC(=O)C(C)(C)C)c(Br)c2)cc1. The summed E-state index contributed by atoms with van der Waals surface area (Å²) in [6.45, 7) is 7.40. The summed E-state index contributed by atoms with van der Waals surface area (Å²) in [7, 11) is -5.67. The van der Waals surface area contributed by atoms with Crippen LogP contribution in [0.4, 0.5) is 8.78 Å². The molecule has 0 radical (unpaired) electrons. The minimum atomic E-state index is -5.67. The molecule has 51 heavy (non-hydrogen) atoms. The van der Waals surface area contributed by atoms with Gasteiger partial charge >= 0.3 is 36.9 Å². The molecule has 17 heteroatoms. The fourth-order valence-corrected chi connectivity index (χ4v) is 6.14. The van der Waals surface area contributed by atoms with Crippen molar-refractivity contribution in [2.45, 2.75) is 72.6 Å². The molecule has 0 saturated heterocycles. The fourth-order valence-electron chi connectivity index (χ4n) is 4.45. The van der Waals surface area contributed by atoms with Gasteiger partial charge in [0.05, 0.1) is 23.1 Å². The van der Waals surface area contributed by atoms with Crippen LogP contribution in [0.2, 0.25) is 0 Å². The Morgan fingerprint density at radius 3 is 2.06 bits per heavy atom. The van der Waals surface area contributed by atoms with Crippen molar-refractivity contribution in [1.29, 1.82) is 0 Å². The summed E-state index contributed by atoms with van der Waals surface area (Å²) >= 11 is 3.07. The Morgan fingerprint density at radius 1 is 0.922 bits per heavy atom. The molecule has 0 bridgehead atoms. The van der Waals surface area contributed by atoms with Crippen LogP contribution in [0.15, 0.2) is 57.9 Å². The van der Waals surface area contributed by atoms with Crippen molar-refractivity contribution in [2.24, 2.45) is 10.8 Å². The van der Waals surface area contributed by atoms with E-state index in [4.69, 9.17) is 18.9 Å². The van der Waals surface area contributed by atoms with Crippen LogP contribution in [0.1, 0.15) is 71.6 Å². The largest absolute Gasteiger partial charge is 0.482 e. The third-order valence-corrected chi connectivity index (χ3v) is 9.62. The van der Waals surface area contributed by atoms with Crippen molar-refractivity contribution in [3.8, 4) is 17.0 Å². The summed E-state index contributed by atoms with van der Waals surface area (Å²) in [6.07, 6.45) is 3.38. The lowest BCUT2D eigenvalue weighted by Gasteiger charge is -2.24. The van der Waals surface area contributed by atoms with Crippen molar-refractivity contribution >= 4 is 41.4 Å². The van der Waals surface area contributed by atoms with E-state index in [1.807, 2.05) is 0 Å². The number of halogens is 3. The van der Waals surface area contributed by atoms with Crippen molar-refractivity contribution in [3.63, 3.8) is 0 Å². The number of imidazole rings is 1. The second-order valence-corrected chi connectivity index (χ2v) is 16.7. The summed E-state index contributed by atoms with van der Waals surface area (Å²) in [5.41, 5.74) is -5.67. The van der Waals surface area contributed by atoms with Crippen LogP contribution in [0.25, 0.3) is 11.3 Å². The second kappa shape index (κ2) is 15.4. The van der Waals surface area contributed by atoms with Crippen LogP contribution >= 0.6 is 23.5 Å². The molecular weight excluding hydrogens is 761 g/mol. The molecule has 3 aromatic rings. The summed E-state index contributed by atoms with van der Waals surface area (Å²) in [5, 5.41) is 0. The van der Waals surface area contributed by atoms with E-state index in [9.17, 15) is 28.6 Å². The quantitative estimate of drug-likeness (QED) is 0.105. The molecule has 1 unspecified atom stereocenters. The van der Waals surface area contributed by atoms with Crippen LogP contribution < -0.4 is 10.4 Å². The number of carbonyl (C=O) groups excluding carboxylic acids is 3. The molecule has 13 nitrogen and oxygen atoms in total. The maximum absolute atomic E-state index is 15.3. The van der Waals surface area contributed by atoms with Gasteiger partial charge in [0.25, 0.3) is 0 Å². The average Bonchev–Trinajstić information content (AvgIpc) is 3.83. The molecule has 1 saturated carbocycles. The van der Waals surface area contributed by atoms with Crippen LogP contribution in [0, 0.1) is 10.8 Å². The number of benzene rings is 2. The van der Waals surface area contributed by atoms with Gasteiger partial charge in [-0.05, 0) is 90.3 Å². The van der Waals surface area contributed by atoms with Gasteiger partial charge in [0.15, 0.2) is 6.61 Å². The van der Waals surface area contributed by atoms with E-state index in [0.717, 1.165) is 18.9 Å². The zero-order valence-corrected chi connectivity index (χ0v) is 31.4. The van der Waals surface area contributed by atoms with E-state index in [0.29, 0.717) is 22.6 Å². The first kappa shape index (κ1) is 39.9. The van der Waals surface area contributed by atoms with Crippen LogP contribution in [-0.2, 0) is 49.9 Å². The van der Waals surface area contributed by atoms with E-state index in [1.54, 1.807) is 55.8 Å². The predicted octanol–water partition coefficient (Wildman–Crippen LogP) is 6.73. The number of carbonyl (C=O) groups is 3. The van der Waals surface area contributed by atoms with E-state index >= 15 is 8.78 Å². The highest BCUT2D eigenvalue weighted by Gasteiger charge is 2.54. The number of aromatic nitrogens is 2. The van der Waals surface area contributed by atoms with Gasteiger partial charge in [-0.25, -0.2) is 9.59 Å². The van der Waals surface area contributed by atoms with E-state index < -0.39 is 67.8 Å². The Bertz CT molecular complexity index is 1870. The Morgan fingerprint density at radius 2 is 1.51 bits per heavy atom. The number of alkyl halides is 2. The van der Waals surface area contributed by atoms with Gasteiger partial charge in [0.1, 0.15) is 5.75 Å². The molecular formula is C34H40BrF2N2O11P. The highest BCUT2D eigenvalue weighted by atomic mass is 79.9. The lowest BCUT2D eigenvalue weighted by molar-refractivity contribution is -0.174. The number of ether oxygens (including phenoxy) is 4. The van der Waals surface area contributed by atoms with E-state index in [2.05, 4.69) is 20.5 Å². The Kier molecular flexibility index (Phi) is 12.1. The Hall–Kier alpha value is -3.85. The first-order valence-corrected chi connectivity index (χ1v) is 18.2. The molecule has 1 N–H and O–H groups in total. The van der Waals surface area contributed by atoms with Crippen molar-refractivity contribution in [3.05, 3.63) is 74.7 Å². The van der Waals surface area contributed by atoms with Gasteiger partial charge < -0.3 is 23.8 Å². The minimum Gasteiger partial charge on any atom is -0.482 e. The molecule has 0 aliphatic heterocycles. The van der Waals surface area contributed by atoms with E-state index in [-0.39, 0.29) is 22.7 Å². The van der Waals surface area contributed by atoms with Crippen molar-refractivity contribution in [1.82, 2.24) is 9.13 Å². The van der Waals surface area contributed by atoms with Crippen molar-refractivity contribution < 1.29 is 56.1 Å². The molecule has 4 rings (SSSR count). The number of nitrogens with zero attached hydrogens (tertiary/aromatic N) is 2. The Labute approximate surface area is 301 Å². The molecule has 1 aromatic heterocycles. The standard InChI is InChI=1S/C34H40BrF2N2O11P/c1-32(2,3)29(41)48-19-47-28(40)18-46-24-12-8-22(9-13-24)27-17-38(23-10-11-23)31(43)39(27)16-21-7-14-25(26(35)15-21)34(36,37)51(44,45)50-20-49-30(42)33(4,5)6/h7-9,12-15,17,23H,10-11,16,18-20H2,1-6H3,(H,44,45). The highest BCUT2D eigenvalue weighted by molar-refractivity contribution is 9.10. The topological polar surface area (TPSA) is 162 Å². The smallest absolute Gasteiger partial charge is 0.404 e. The molecule has 2 aromatic carbocycles. The summed E-state index contributed by atoms with van der Waals surface area (Å²) < 4.78 is 70.5. The van der Waals surface area contributed by atoms with Gasteiger partial charge in [-0.1, -0.05) is 28.1 Å². The molecule has 0 amide bonds. The predicted molar refractivity (Wildman–Crippen MR) is 183 cm³/mol. The van der Waals surface area contributed by atoms with Crippen LogP contribution in [-0.4, -0.2) is 52.1 Å². The number of rotatable bonds is 14. The lowest BCUT2D eigenvalue weighted by Crippen LogP contribution is -2.25. The molecule has 1 atom stereocenters. The van der Waals surface area contributed by atoms with Gasteiger partial charge in [0.2, 0.25) is 13.6 Å². The normalized spacial score (nSPS) is 14.8. The first-order chi connectivity index (χ1) is 23.6. The van der Waals surface area contributed by atoms with Crippen LogP contribution in [0.3, 0.4) is 0 Å². The number of hydrogen-bond donors (Lipinski definition) is 1. The molecule has 1 heterocycles. The third kappa shape index (κ3) is 9.94. The summed E-state index contributed by atoms with van der Waals surface area (Å²) in [5.74, 6) is -1.75. The zero-order valence-electron chi connectivity index (χ0n) is 28.9. The van der Waals surface area contributed by atoms with Gasteiger partial charge in [0, 0.05) is 27.8 Å². The highest BCUT2D eigenvalue weighted by Crippen LogP contribution is 2.64. The number of esters is 3. The minimum absolute atomic E-state index is 0.0295.